The van der Waals surface area contributed by atoms with Crippen molar-refractivity contribution >= 4 is 16.4 Å². The summed E-state index contributed by atoms with van der Waals surface area (Å²) in [6.45, 7) is 3.83. The zero-order chi connectivity index (χ0) is 52.4. The monoisotopic (exact) mass is 1030 g/mol. The van der Waals surface area contributed by atoms with Crippen LogP contribution < -0.4 is 0 Å². The number of hydrogen-bond donors (Lipinski definition) is 4. The van der Waals surface area contributed by atoms with Gasteiger partial charge < -0.3 is 34.3 Å². The van der Waals surface area contributed by atoms with Crippen LogP contribution in [0.1, 0.15) is 206 Å². The number of hydrogen-bond acceptors (Lipinski definition) is 11. The normalized spacial score (nSPS) is 19.7. The molecule has 1 fully saturated rings. The molecule has 0 spiro atoms. The van der Waals surface area contributed by atoms with Gasteiger partial charge in [0.2, 0.25) is 0 Å². The zero-order valence-electron chi connectivity index (χ0n) is 44.7. The van der Waals surface area contributed by atoms with Gasteiger partial charge in [-0.05, 0) is 96.3 Å². The van der Waals surface area contributed by atoms with Crippen LogP contribution in [-0.2, 0) is 38.3 Å². The van der Waals surface area contributed by atoms with Crippen LogP contribution in [0.5, 0.6) is 0 Å². The molecule has 4 N–H and O–H groups in total. The first kappa shape index (κ1) is 67.0. The predicted octanol–water partition coefficient (Wildman–Crippen LogP) is 13.8. The van der Waals surface area contributed by atoms with Crippen LogP contribution in [0.2, 0.25) is 0 Å². The van der Waals surface area contributed by atoms with E-state index in [9.17, 15) is 33.1 Å². The first-order valence-electron chi connectivity index (χ1n) is 28.0. The molecule has 0 radical (unpaired) electrons. The van der Waals surface area contributed by atoms with E-state index in [0.717, 1.165) is 103 Å². The van der Waals surface area contributed by atoms with Gasteiger partial charge in [0.05, 0.1) is 19.8 Å². The van der Waals surface area contributed by atoms with Crippen LogP contribution in [0, 0.1) is 0 Å². The molecule has 1 saturated heterocycles. The minimum absolute atomic E-state index is 0.0221. The fraction of sp³-hybridized carbons (Fsp3) is 0.712. The van der Waals surface area contributed by atoms with Gasteiger partial charge in [-0.3, -0.25) is 9.35 Å². The fourth-order valence-electron chi connectivity index (χ4n) is 8.00. The summed E-state index contributed by atoms with van der Waals surface area (Å²) in [5, 5.41) is 30.8. The summed E-state index contributed by atoms with van der Waals surface area (Å²) in [6, 6.07) is 0. The van der Waals surface area contributed by atoms with Gasteiger partial charge >= 0.3 is 16.4 Å². The van der Waals surface area contributed by atoms with Crippen LogP contribution >= 0.6 is 0 Å². The molecule has 0 bridgehead atoms. The Morgan fingerprint density at radius 1 is 0.542 bits per heavy atom. The number of allylic oxidation sites excluding steroid dienone is 16. The lowest BCUT2D eigenvalue weighted by Gasteiger charge is -2.41. The minimum Gasteiger partial charge on any atom is -0.457 e. The van der Waals surface area contributed by atoms with Crippen molar-refractivity contribution in [2.45, 2.75) is 243 Å². The number of aliphatic hydroxyl groups is 3. The molecule has 1 heterocycles. The standard InChI is InChI=1S/C59H100O12S/c1-3-5-7-9-11-13-15-17-19-21-23-25-26-27-28-29-30-32-34-36-38-40-42-44-46-48-55(61)69-53(52-68-59-57(63)58(71-72(64,65)66)56(62)54(50-60)70-59)51-67-49-47-45-43-41-39-37-35-33-31-24-22-20-18-16-14-12-10-8-6-4-2/h5,7,11-14,17-20,23,25,27-28,30,32,53-54,56-60,62-63H,3-4,6,8-10,15-16,21-22,24,26,29,31,33-52H2,1-2H3,(H,64,65,66)/b7-5-,13-11-,14-12-,19-17-,20-18-,25-23-,28-27-,32-30-. The van der Waals surface area contributed by atoms with Crippen LogP contribution in [-0.4, -0.2) is 97.5 Å². The van der Waals surface area contributed by atoms with Crippen molar-refractivity contribution in [3.63, 3.8) is 0 Å². The maximum atomic E-state index is 13.0. The largest absolute Gasteiger partial charge is 0.457 e. The van der Waals surface area contributed by atoms with Gasteiger partial charge in [0, 0.05) is 13.0 Å². The summed E-state index contributed by atoms with van der Waals surface area (Å²) >= 11 is 0. The molecular formula is C59H100O12S. The smallest absolute Gasteiger partial charge is 0.397 e. The Hall–Kier alpha value is -2.98. The Kier molecular flexibility index (Phi) is 45.6. The summed E-state index contributed by atoms with van der Waals surface area (Å²) in [5.41, 5.74) is 0. The highest BCUT2D eigenvalue weighted by Crippen LogP contribution is 2.26. The van der Waals surface area contributed by atoms with Crippen LogP contribution in [0.15, 0.2) is 97.2 Å². The Balaban J connectivity index is 2.35. The van der Waals surface area contributed by atoms with E-state index in [2.05, 4.69) is 115 Å². The summed E-state index contributed by atoms with van der Waals surface area (Å²) in [6.07, 6.45) is 58.6. The number of aliphatic hydroxyl groups excluding tert-OH is 3. The van der Waals surface area contributed by atoms with E-state index < -0.39 is 59.8 Å². The van der Waals surface area contributed by atoms with E-state index in [0.29, 0.717) is 13.0 Å². The highest BCUT2D eigenvalue weighted by atomic mass is 32.3. The zero-order valence-corrected chi connectivity index (χ0v) is 45.5. The lowest BCUT2D eigenvalue weighted by atomic mass is 9.99. The maximum absolute atomic E-state index is 13.0. The van der Waals surface area contributed by atoms with Crippen molar-refractivity contribution in [2.24, 2.45) is 0 Å². The van der Waals surface area contributed by atoms with Crippen molar-refractivity contribution < 1.29 is 56.2 Å². The van der Waals surface area contributed by atoms with Crippen molar-refractivity contribution in [3.8, 4) is 0 Å². The third-order valence-electron chi connectivity index (χ3n) is 12.2. The lowest BCUT2D eigenvalue weighted by Crippen LogP contribution is -2.60. The SMILES string of the molecule is CC/C=C\C/C=C\C/C=C\C/C=C\C/C=C\C/C=C\CCCCCCCCC(=O)OC(COCCCCCCCCCCCC/C=C\C/C=C\CCCCC)COC1OC(CO)C(O)C(OS(=O)(=O)O)C1O. The number of esters is 1. The van der Waals surface area contributed by atoms with E-state index in [1.807, 2.05) is 0 Å². The highest BCUT2D eigenvalue weighted by Gasteiger charge is 2.48. The topological polar surface area (TPSA) is 178 Å². The molecule has 13 heteroatoms. The average Bonchev–Trinajstić information content (AvgIpc) is 3.36. The van der Waals surface area contributed by atoms with Crippen molar-refractivity contribution in [1.29, 1.82) is 0 Å². The Morgan fingerprint density at radius 2 is 0.958 bits per heavy atom. The summed E-state index contributed by atoms with van der Waals surface area (Å²) < 4.78 is 59.4. The molecule has 1 rings (SSSR count). The molecule has 6 atom stereocenters. The van der Waals surface area contributed by atoms with E-state index >= 15 is 0 Å². The molecular weight excluding hydrogens is 933 g/mol. The van der Waals surface area contributed by atoms with Gasteiger partial charge in [0.25, 0.3) is 0 Å². The minimum atomic E-state index is -5.08. The van der Waals surface area contributed by atoms with Gasteiger partial charge in [0.1, 0.15) is 30.5 Å². The molecule has 0 aliphatic carbocycles. The van der Waals surface area contributed by atoms with E-state index in [4.69, 9.17) is 18.9 Å². The predicted molar refractivity (Wildman–Crippen MR) is 294 cm³/mol. The summed E-state index contributed by atoms with van der Waals surface area (Å²) in [4.78, 5) is 13.0. The molecule has 0 saturated carbocycles. The summed E-state index contributed by atoms with van der Waals surface area (Å²) in [7, 11) is -5.08. The number of ether oxygens (including phenoxy) is 4. The second kappa shape index (κ2) is 48.9. The number of rotatable bonds is 48. The Bertz CT molecular complexity index is 1620. The second-order valence-corrected chi connectivity index (χ2v) is 19.8. The van der Waals surface area contributed by atoms with Gasteiger partial charge in [-0.2, -0.15) is 8.42 Å². The fourth-order valence-corrected chi connectivity index (χ4v) is 8.51. The first-order valence-corrected chi connectivity index (χ1v) is 29.4. The van der Waals surface area contributed by atoms with Gasteiger partial charge in [-0.1, -0.05) is 201 Å². The molecule has 72 heavy (non-hydrogen) atoms. The van der Waals surface area contributed by atoms with Crippen molar-refractivity contribution in [2.75, 3.05) is 26.4 Å². The Morgan fingerprint density at radius 3 is 1.40 bits per heavy atom. The number of carbonyl (C=O) groups excluding carboxylic acids is 1. The molecule has 0 aromatic carbocycles. The highest BCUT2D eigenvalue weighted by molar-refractivity contribution is 7.80. The molecule has 1 aliphatic heterocycles. The molecule has 0 aromatic rings. The molecule has 414 valence electrons. The first-order chi connectivity index (χ1) is 35.1. The van der Waals surface area contributed by atoms with Crippen LogP contribution in [0.4, 0.5) is 0 Å². The average molecular weight is 1030 g/mol. The van der Waals surface area contributed by atoms with Crippen LogP contribution in [0.25, 0.3) is 0 Å². The molecule has 1 aliphatic rings. The number of carbonyl (C=O) groups is 1. The maximum Gasteiger partial charge on any atom is 0.397 e. The van der Waals surface area contributed by atoms with E-state index in [-0.39, 0.29) is 19.6 Å². The molecule has 0 amide bonds. The molecule has 6 unspecified atom stereocenters. The van der Waals surface area contributed by atoms with Gasteiger partial charge in [-0.25, -0.2) is 4.18 Å². The lowest BCUT2D eigenvalue weighted by molar-refractivity contribution is -0.301. The molecule has 0 aromatic heterocycles. The van der Waals surface area contributed by atoms with E-state index in [1.54, 1.807) is 0 Å². The van der Waals surface area contributed by atoms with Crippen molar-refractivity contribution in [3.05, 3.63) is 97.2 Å². The Labute approximate surface area is 437 Å². The summed E-state index contributed by atoms with van der Waals surface area (Å²) in [5.74, 6) is -0.417. The van der Waals surface area contributed by atoms with Crippen molar-refractivity contribution in [1.82, 2.24) is 0 Å². The van der Waals surface area contributed by atoms with E-state index in [1.165, 1.54) is 77.0 Å². The number of unbranched alkanes of at least 4 members (excludes halogenated alkanes) is 19. The van der Waals surface area contributed by atoms with Gasteiger partial charge in [0.15, 0.2) is 6.29 Å². The molecule has 12 nitrogen and oxygen atoms in total. The quantitative estimate of drug-likeness (QED) is 0.0196. The van der Waals surface area contributed by atoms with Gasteiger partial charge in [-0.15, -0.1) is 0 Å². The second-order valence-electron chi connectivity index (χ2n) is 18.8. The third kappa shape index (κ3) is 41.4. The third-order valence-corrected chi connectivity index (χ3v) is 12.7. The van der Waals surface area contributed by atoms with Crippen LogP contribution in [0.3, 0.4) is 0 Å².